The number of nitrogens with zero attached hydrogens (tertiary/aromatic N) is 5. The fourth-order valence-electron chi connectivity index (χ4n) is 2.52. The van der Waals surface area contributed by atoms with Crippen molar-refractivity contribution in [3.63, 3.8) is 0 Å². The van der Waals surface area contributed by atoms with Crippen molar-refractivity contribution in [3.8, 4) is 0 Å². The molecule has 110 valence electrons. The lowest BCUT2D eigenvalue weighted by molar-refractivity contribution is 0.646. The number of hydrogen-bond acceptors (Lipinski definition) is 3. The first-order valence-corrected chi connectivity index (χ1v) is 7.57. The first kappa shape index (κ1) is 14.1. The molecule has 3 rings (SSSR count). The SMILES string of the molecule is Cc1ccc2c(c1)nc(CCCl)n2CCc1ncn(C)n1. The zero-order chi connectivity index (χ0) is 14.8. The zero-order valence-corrected chi connectivity index (χ0v) is 13.0. The summed E-state index contributed by atoms with van der Waals surface area (Å²) in [5, 5.41) is 4.33. The smallest absolute Gasteiger partial charge is 0.152 e. The van der Waals surface area contributed by atoms with Gasteiger partial charge in [0.05, 0.1) is 11.0 Å². The van der Waals surface area contributed by atoms with Gasteiger partial charge in [0.15, 0.2) is 5.82 Å². The molecule has 5 nitrogen and oxygen atoms in total. The zero-order valence-electron chi connectivity index (χ0n) is 12.3. The topological polar surface area (TPSA) is 48.5 Å². The Morgan fingerprint density at radius 3 is 2.81 bits per heavy atom. The highest BCUT2D eigenvalue weighted by molar-refractivity contribution is 6.17. The van der Waals surface area contributed by atoms with Gasteiger partial charge in [0.2, 0.25) is 0 Å². The largest absolute Gasteiger partial charge is 0.327 e. The standard InChI is InChI=1S/C15H18ClN5/c1-11-3-4-13-12(9-11)18-15(5-7-16)21(13)8-6-14-17-10-20(2)19-14/h3-4,9-10H,5-8H2,1-2H3. The predicted molar refractivity (Wildman–Crippen MR) is 83.6 cm³/mol. The van der Waals surface area contributed by atoms with Crippen molar-refractivity contribution >= 4 is 22.6 Å². The van der Waals surface area contributed by atoms with Gasteiger partial charge in [-0.1, -0.05) is 6.07 Å². The average Bonchev–Trinajstić information content (AvgIpc) is 3.00. The molecule has 0 aliphatic carbocycles. The van der Waals surface area contributed by atoms with Crippen LogP contribution in [0, 0.1) is 6.92 Å². The Balaban J connectivity index is 1.92. The van der Waals surface area contributed by atoms with Crippen LogP contribution in [0.4, 0.5) is 0 Å². The maximum absolute atomic E-state index is 5.91. The Kier molecular flexibility index (Phi) is 3.92. The normalized spacial score (nSPS) is 11.4. The van der Waals surface area contributed by atoms with Crippen LogP contribution in [0.1, 0.15) is 17.2 Å². The second-order valence-corrected chi connectivity index (χ2v) is 5.57. The van der Waals surface area contributed by atoms with Gasteiger partial charge in [0.1, 0.15) is 12.2 Å². The molecule has 21 heavy (non-hydrogen) atoms. The minimum atomic E-state index is 0.574. The van der Waals surface area contributed by atoms with Crippen molar-refractivity contribution < 1.29 is 0 Å². The van der Waals surface area contributed by atoms with Crippen LogP contribution in [0.3, 0.4) is 0 Å². The minimum Gasteiger partial charge on any atom is -0.327 e. The maximum atomic E-state index is 5.91. The van der Waals surface area contributed by atoms with E-state index in [1.807, 2.05) is 7.05 Å². The van der Waals surface area contributed by atoms with Gasteiger partial charge in [-0.2, -0.15) is 5.10 Å². The fraction of sp³-hybridized carbons (Fsp3) is 0.400. The fourth-order valence-corrected chi connectivity index (χ4v) is 2.69. The molecule has 3 aromatic rings. The van der Waals surface area contributed by atoms with Gasteiger partial charge < -0.3 is 4.57 Å². The molecule has 0 saturated heterocycles. The first-order chi connectivity index (χ1) is 10.2. The van der Waals surface area contributed by atoms with E-state index in [-0.39, 0.29) is 0 Å². The summed E-state index contributed by atoms with van der Waals surface area (Å²) in [6.07, 6.45) is 3.28. The van der Waals surface area contributed by atoms with Crippen molar-refractivity contribution in [2.24, 2.45) is 7.05 Å². The molecule has 0 N–H and O–H groups in total. The van der Waals surface area contributed by atoms with Crippen LogP contribution in [0.15, 0.2) is 24.5 Å². The molecule has 0 fully saturated rings. The van der Waals surface area contributed by atoms with E-state index in [1.165, 1.54) is 5.56 Å². The molecule has 0 aliphatic rings. The van der Waals surface area contributed by atoms with Crippen LogP contribution < -0.4 is 0 Å². The van der Waals surface area contributed by atoms with E-state index in [0.29, 0.717) is 5.88 Å². The van der Waals surface area contributed by atoms with Crippen LogP contribution in [0.5, 0.6) is 0 Å². The molecule has 0 atom stereocenters. The number of fused-ring (bicyclic) bond motifs is 1. The van der Waals surface area contributed by atoms with Crippen LogP contribution in [0.25, 0.3) is 11.0 Å². The van der Waals surface area contributed by atoms with Gasteiger partial charge in [-0.15, -0.1) is 11.6 Å². The van der Waals surface area contributed by atoms with E-state index < -0.39 is 0 Å². The van der Waals surface area contributed by atoms with Crippen LogP contribution >= 0.6 is 11.6 Å². The predicted octanol–water partition coefficient (Wildman–Crippen LogP) is 2.50. The first-order valence-electron chi connectivity index (χ1n) is 7.03. The number of aromatic nitrogens is 5. The van der Waals surface area contributed by atoms with Gasteiger partial charge in [-0.3, -0.25) is 4.68 Å². The van der Waals surface area contributed by atoms with E-state index in [1.54, 1.807) is 11.0 Å². The highest BCUT2D eigenvalue weighted by Gasteiger charge is 2.11. The summed E-state index contributed by atoms with van der Waals surface area (Å²) in [5.74, 6) is 2.45. The number of benzene rings is 1. The lowest BCUT2D eigenvalue weighted by Gasteiger charge is -2.07. The Hall–Kier alpha value is -1.88. The molecule has 0 saturated carbocycles. The van der Waals surface area contributed by atoms with Crippen molar-refractivity contribution in [3.05, 3.63) is 41.7 Å². The lowest BCUT2D eigenvalue weighted by atomic mass is 10.2. The van der Waals surface area contributed by atoms with Gasteiger partial charge >= 0.3 is 0 Å². The van der Waals surface area contributed by atoms with Gasteiger partial charge in [0, 0.05) is 32.3 Å². The molecule has 0 bridgehead atoms. The van der Waals surface area contributed by atoms with Crippen molar-refractivity contribution in [2.75, 3.05) is 5.88 Å². The molecule has 0 unspecified atom stereocenters. The number of halogens is 1. The monoisotopic (exact) mass is 303 g/mol. The summed E-state index contributed by atoms with van der Waals surface area (Å²) in [6, 6.07) is 6.35. The summed E-state index contributed by atoms with van der Waals surface area (Å²) in [4.78, 5) is 8.99. The number of aryl methyl sites for hydroxylation is 5. The third-order valence-corrected chi connectivity index (χ3v) is 3.70. The molecular weight excluding hydrogens is 286 g/mol. The molecule has 1 aromatic carbocycles. The minimum absolute atomic E-state index is 0.574. The molecular formula is C15H18ClN5. The second kappa shape index (κ2) is 5.85. The van der Waals surface area contributed by atoms with Crippen LogP contribution in [-0.4, -0.2) is 30.2 Å². The quantitative estimate of drug-likeness (QED) is 0.680. The molecule has 0 radical (unpaired) electrons. The molecule has 0 amide bonds. The molecule has 0 aliphatic heterocycles. The Morgan fingerprint density at radius 1 is 1.24 bits per heavy atom. The van der Waals surface area contributed by atoms with Gasteiger partial charge in [-0.05, 0) is 24.6 Å². The number of rotatable bonds is 5. The Labute approximate surface area is 128 Å². The lowest BCUT2D eigenvalue weighted by Crippen LogP contribution is -2.08. The third-order valence-electron chi connectivity index (χ3n) is 3.51. The third kappa shape index (κ3) is 2.93. The van der Waals surface area contributed by atoms with E-state index in [2.05, 4.69) is 39.8 Å². The number of alkyl halides is 1. The van der Waals surface area contributed by atoms with Crippen LogP contribution in [-0.2, 0) is 26.4 Å². The molecule has 0 spiro atoms. The number of imidazole rings is 1. The average molecular weight is 304 g/mol. The van der Waals surface area contributed by atoms with E-state index in [4.69, 9.17) is 16.6 Å². The molecule has 2 heterocycles. The maximum Gasteiger partial charge on any atom is 0.152 e. The highest BCUT2D eigenvalue weighted by Crippen LogP contribution is 2.19. The van der Waals surface area contributed by atoms with Gasteiger partial charge in [-0.25, -0.2) is 9.97 Å². The highest BCUT2D eigenvalue weighted by atomic mass is 35.5. The summed E-state index contributed by atoms with van der Waals surface area (Å²) in [7, 11) is 1.88. The summed E-state index contributed by atoms with van der Waals surface area (Å²) in [6.45, 7) is 2.90. The number of hydrogen-bond donors (Lipinski definition) is 0. The summed E-state index contributed by atoms with van der Waals surface area (Å²) in [5.41, 5.74) is 3.40. The van der Waals surface area contributed by atoms with E-state index in [0.717, 1.165) is 42.1 Å². The van der Waals surface area contributed by atoms with Crippen molar-refractivity contribution in [1.29, 1.82) is 0 Å². The Bertz CT molecular complexity index is 759. The molecule has 6 heteroatoms. The van der Waals surface area contributed by atoms with Crippen LogP contribution in [0.2, 0.25) is 0 Å². The van der Waals surface area contributed by atoms with E-state index >= 15 is 0 Å². The Morgan fingerprint density at radius 2 is 2.10 bits per heavy atom. The van der Waals surface area contributed by atoms with Crippen molar-refractivity contribution in [1.82, 2.24) is 24.3 Å². The summed E-state index contributed by atoms with van der Waals surface area (Å²) < 4.78 is 3.96. The second-order valence-electron chi connectivity index (χ2n) is 5.20. The van der Waals surface area contributed by atoms with Gasteiger partial charge in [0.25, 0.3) is 0 Å². The molecule has 2 aromatic heterocycles. The summed E-state index contributed by atoms with van der Waals surface area (Å²) >= 11 is 5.91. The van der Waals surface area contributed by atoms with E-state index in [9.17, 15) is 0 Å². The van der Waals surface area contributed by atoms with Crippen molar-refractivity contribution in [2.45, 2.75) is 26.3 Å².